The zero-order valence-electron chi connectivity index (χ0n) is 11.9. The molecule has 2 rings (SSSR count). The Morgan fingerprint density at radius 1 is 1.29 bits per heavy atom. The van der Waals surface area contributed by atoms with Crippen molar-refractivity contribution in [1.29, 1.82) is 0 Å². The number of nitrogens with one attached hydrogen (secondary N) is 1. The fourth-order valence-corrected chi connectivity index (χ4v) is 2.01. The number of nitrogens with two attached hydrogens (primary N) is 1. The molecule has 2 aromatic carbocycles. The van der Waals surface area contributed by atoms with E-state index in [9.17, 15) is 9.18 Å². The number of nitrogen functional groups attached to an aromatic ring is 1. The van der Waals surface area contributed by atoms with Crippen LogP contribution in [-0.2, 0) is 0 Å². The van der Waals surface area contributed by atoms with Gasteiger partial charge in [-0.15, -0.1) is 0 Å². The highest BCUT2D eigenvalue weighted by Gasteiger charge is 2.14. The standard InChI is InChI=1S/C16H17FN2O2/c1-10(11-4-3-5-12(17)8-11)19-16(20)14-7-6-13(21-2)9-15(14)18/h3-10H,18H2,1-2H3,(H,19,20)/t10-/m1/s1. The molecule has 21 heavy (non-hydrogen) atoms. The van der Waals surface area contributed by atoms with Crippen molar-refractivity contribution < 1.29 is 13.9 Å². The molecule has 110 valence electrons. The number of hydrogen-bond donors (Lipinski definition) is 2. The van der Waals surface area contributed by atoms with E-state index < -0.39 is 0 Å². The normalized spacial score (nSPS) is 11.8. The van der Waals surface area contributed by atoms with Gasteiger partial charge in [0.15, 0.2) is 0 Å². The van der Waals surface area contributed by atoms with Crippen molar-refractivity contribution in [2.24, 2.45) is 0 Å². The lowest BCUT2D eigenvalue weighted by Gasteiger charge is -2.15. The van der Waals surface area contributed by atoms with Gasteiger partial charge >= 0.3 is 0 Å². The second kappa shape index (κ2) is 6.26. The van der Waals surface area contributed by atoms with Crippen molar-refractivity contribution in [1.82, 2.24) is 5.32 Å². The zero-order valence-corrected chi connectivity index (χ0v) is 11.9. The third kappa shape index (κ3) is 3.51. The maximum Gasteiger partial charge on any atom is 0.253 e. The van der Waals surface area contributed by atoms with Gasteiger partial charge in [0.25, 0.3) is 5.91 Å². The molecule has 3 N–H and O–H groups in total. The average Bonchev–Trinajstić information content (AvgIpc) is 2.46. The average molecular weight is 288 g/mol. The monoisotopic (exact) mass is 288 g/mol. The Labute approximate surface area is 122 Å². The molecule has 2 aromatic rings. The van der Waals surface area contributed by atoms with Crippen LogP contribution in [0.25, 0.3) is 0 Å². The van der Waals surface area contributed by atoms with E-state index in [1.165, 1.54) is 19.2 Å². The summed E-state index contributed by atoms with van der Waals surface area (Å²) in [4.78, 5) is 12.2. The minimum atomic E-state index is -0.336. The van der Waals surface area contributed by atoms with Gasteiger partial charge in [-0.3, -0.25) is 4.79 Å². The molecule has 4 nitrogen and oxygen atoms in total. The number of anilines is 1. The van der Waals surface area contributed by atoms with Gasteiger partial charge in [0, 0.05) is 11.8 Å². The fourth-order valence-electron chi connectivity index (χ4n) is 2.01. The summed E-state index contributed by atoms with van der Waals surface area (Å²) in [7, 11) is 1.53. The van der Waals surface area contributed by atoms with E-state index in [4.69, 9.17) is 10.5 Å². The van der Waals surface area contributed by atoms with Crippen molar-refractivity contribution in [3.05, 3.63) is 59.4 Å². The van der Waals surface area contributed by atoms with Crippen LogP contribution in [0.4, 0.5) is 10.1 Å². The Kier molecular flexibility index (Phi) is 4.42. The largest absolute Gasteiger partial charge is 0.497 e. The molecule has 5 heteroatoms. The van der Waals surface area contributed by atoms with Crippen LogP contribution in [-0.4, -0.2) is 13.0 Å². The Balaban J connectivity index is 2.14. The van der Waals surface area contributed by atoms with Crippen molar-refractivity contribution in [3.63, 3.8) is 0 Å². The Morgan fingerprint density at radius 2 is 2.05 bits per heavy atom. The summed E-state index contributed by atoms with van der Waals surface area (Å²) in [6.45, 7) is 1.78. The second-order valence-electron chi connectivity index (χ2n) is 4.70. The lowest BCUT2D eigenvalue weighted by atomic mass is 10.1. The minimum Gasteiger partial charge on any atom is -0.497 e. The molecule has 0 aromatic heterocycles. The van der Waals surface area contributed by atoms with E-state index in [1.54, 1.807) is 37.3 Å². The highest BCUT2D eigenvalue weighted by Crippen LogP contribution is 2.21. The first-order valence-electron chi connectivity index (χ1n) is 6.51. The number of ether oxygens (including phenoxy) is 1. The number of carbonyl (C=O) groups is 1. The summed E-state index contributed by atoms with van der Waals surface area (Å²) < 4.78 is 18.2. The molecule has 0 spiro atoms. The number of benzene rings is 2. The number of carbonyl (C=O) groups excluding carboxylic acids is 1. The van der Waals surface area contributed by atoms with Gasteiger partial charge in [0.1, 0.15) is 11.6 Å². The smallest absolute Gasteiger partial charge is 0.253 e. The minimum absolute atomic E-state index is 0.313. The summed E-state index contributed by atoms with van der Waals surface area (Å²) in [6.07, 6.45) is 0. The molecule has 0 unspecified atom stereocenters. The Bertz CT molecular complexity index is 658. The predicted octanol–water partition coefficient (Wildman–Crippen LogP) is 2.91. The molecule has 0 aliphatic carbocycles. The van der Waals surface area contributed by atoms with Crippen LogP contribution in [0.1, 0.15) is 28.9 Å². The van der Waals surface area contributed by atoms with Crippen molar-refractivity contribution >= 4 is 11.6 Å². The van der Waals surface area contributed by atoms with Crippen molar-refractivity contribution in [2.75, 3.05) is 12.8 Å². The van der Waals surface area contributed by atoms with Crippen LogP contribution in [0.2, 0.25) is 0 Å². The van der Waals surface area contributed by atoms with Crippen LogP contribution in [0.5, 0.6) is 5.75 Å². The Morgan fingerprint density at radius 3 is 2.67 bits per heavy atom. The molecule has 0 saturated carbocycles. The first kappa shape index (κ1) is 14.8. The quantitative estimate of drug-likeness (QED) is 0.850. The fraction of sp³-hybridized carbons (Fsp3) is 0.188. The maximum atomic E-state index is 13.2. The molecule has 0 bridgehead atoms. The van der Waals surface area contributed by atoms with E-state index in [0.717, 1.165) is 0 Å². The van der Waals surface area contributed by atoms with Gasteiger partial charge < -0.3 is 15.8 Å². The van der Waals surface area contributed by atoms with E-state index in [0.29, 0.717) is 22.6 Å². The highest BCUT2D eigenvalue weighted by atomic mass is 19.1. The van der Waals surface area contributed by atoms with Gasteiger partial charge in [-0.2, -0.15) is 0 Å². The summed E-state index contributed by atoms with van der Waals surface area (Å²) in [5.74, 6) is -0.0632. The molecule has 0 heterocycles. The van der Waals surface area contributed by atoms with E-state index in [2.05, 4.69) is 5.32 Å². The molecule has 1 amide bonds. The third-order valence-corrected chi connectivity index (χ3v) is 3.20. The molecular formula is C16H17FN2O2. The molecule has 0 fully saturated rings. The van der Waals surface area contributed by atoms with E-state index in [-0.39, 0.29) is 17.8 Å². The van der Waals surface area contributed by atoms with Crippen LogP contribution in [0, 0.1) is 5.82 Å². The zero-order chi connectivity index (χ0) is 15.4. The Hall–Kier alpha value is -2.56. The number of amides is 1. The lowest BCUT2D eigenvalue weighted by Crippen LogP contribution is -2.27. The van der Waals surface area contributed by atoms with E-state index in [1.807, 2.05) is 0 Å². The first-order chi connectivity index (χ1) is 10.0. The van der Waals surface area contributed by atoms with Crippen LogP contribution >= 0.6 is 0 Å². The summed E-state index contributed by atoms with van der Waals surface area (Å²) >= 11 is 0. The van der Waals surface area contributed by atoms with Crippen molar-refractivity contribution in [2.45, 2.75) is 13.0 Å². The third-order valence-electron chi connectivity index (χ3n) is 3.20. The second-order valence-corrected chi connectivity index (χ2v) is 4.70. The van der Waals surface area contributed by atoms with Crippen molar-refractivity contribution in [3.8, 4) is 5.75 Å². The summed E-state index contributed by atoms with van der Waals surface area (Å²) in [5, 5.41) is 2.79. The van der Waals surface area contributed by atoms with Gasteiger partial charge in [-0.1, -0.05) is 12.1 Å². The number of methoxy groups -OCH3 is 1. The first-order valence-corrected chi connectivity index (χ1v) is 6.51. The number of halogens is 1. The highest BCUT2D eigenvalue weighted by molar-refractivity contribution is 5.99. The SMILES string of the molecule is COc1ccc(C(=O)N[C@H](C)c2cccc(F)c2)c(N)c1. The van der Waals surface area contributed by atoms with E-state index >= 15 is 0 Å². The molecule has 0 aliphatic rings. The molecule has 1 atom stereocenters. The maximum absolute atomic E-state index is 13.2. The molecule has 0 aliphatic heterocycles. The summed E-state index contributed by atoms with van der Waals surface area (Å²) in [5.41, 5.74) is 7.22. The molecule has 0 saturated heterocycles. The van der Waals surface area contributed by atoms with Crippen LogP contribution in [0.3, 0.4) is 0 Å². The predicted molar refractivity (Wildman–Crippen MR) is 79.7 cm³/mol. The van der Waals surface area contributed by atoms with Gasteiger partial charge in [-0.25, -0.2) is 4.39 Å². The number of rotatable bonds is 4. The number of hydrogen-bond acceptors (Lipinski definition) is 3. The molecule has 0 radical (unpaired) electrons. The van der Waals surface area contributed by atoms with Crippen LogP contribution in [0.15, 0.2) is 42.5 Å². The van der Waals surface area contributed by atoms with Gasteiger partial charge in [-0.05, 0) is 36.8 Å². The molecular weight excluding hydrogens is 271 g/mol. The van der Waals surface area contributed by atoms with Crippen LogP contribution < -0.4 is 15.8 Å². The van der Waals surface area contributed by atoms with Gasteiger partial charge in [0.05, 0.1) is 18.7 Å². The van der Waals surface area contributed by atoms with Gasteiger partial charge in [0.2, 0.25) is 0 Å². The topological polar surface area (TPSA) is 64.3 Å². The summed E-state index contributed by atoms with van der Waals surface area (Å²) in [6, 6.07) is 10.6. The lowest BCUT2D eigenvalue weighted by molar-refractivity contribution is 0.0940.